The summed E-state index contributed by atoms with van der Waals surface area (Å²) in [7, 11) is 0. The van der Waals surface area contributed by atoms with Crippen LogP contribution in [0, 0.1) is 5.82 Å². The molecule has 3 N–H and O–H groups in total. The number of nitrogens with two attached hydrogens (primary N) is 1. The number of nitrogens with one attached hydrogen (secondary N) is 1. The van der Waals surface area contributed by atoms with Gasteiger partial charge in [-0.15, -0.1) is 0 Å². The van der Waals surface area contributed by atoms with Gasteiger partial charge < -0.3 is 11.1 Å². The molecule has 1 rings (SSSR count). The van der Waals surface area contributed by atoms with Gasteiger partial charge in [0.1, 0.15) is 5.82 Å². The van der Waals surface area contributed by atoms with Gasteiger partial charge in [-0.3, -0.25) is 4.79 Å². The summed E-state index contributed by atoms with van der Waals surface area (Å²) < 4.78 is 12.6. The Morgan fingerprint density at radius 3 is 2.62 bits per heavy atom. The Kier molecular flexibility index (Phi) is 4.92. The number of carbonyl (C=O) groups excluding carboxylic acids is 1. The van der Waals surface area contributed by atoms with E-state index in [1.165, 1.54) is 12.1 Å². The number of benzene rings is 1. The normalized spacial score (nSPS) is 12.2. The van der Waals surface area contributed by atoms with Crippen molar-refractivity contribution in [3.63, 3.8) is 0 Å². The number of carbonyl (C=O) groups is 1. The van der Waals surface area contributed by atoms with Crippen molar-refractivity contribution in [1.82, 2.24) is 5.32 Å². The molecular weight excluding hydrogens is 207 g/mol. The lowest BCUT2D eigenvalue weighted by Crippen LogP contribution is -2.38. The van der Waals surface area contributed by atoms with Crippen molar-refractivity contribution < 1.29 is 9.18 Å². The first-order valence-electron chi connectivity index (χ1n) is 5.37. The van der Waals surface area contributed by atoms with Crippen molar-refractivity contribution in [1.29, 1.82) is 0 Å². The van der Waals surface area contributed by atoms with Crippen LogP contribution in [0.4, 0.5) is 4.39 Å². The third-order valence-electron chi connectivity index (χ3n) is 2.27. The minimum Gasteiger partial charge on any atom is -0.355 e. The number of amides is 1. The van der Waals surface area contributed by atoms with E-state index >= 15 is 0 Å². The second kappa shape index (κ2) is 6.23. The summed E-state index contributed by atoms with van der Waals surface area (Å²) in [6, 6.07) is 5.92. The molecule has 1 amide bonds. The molecule has 0 spiro atoms. The molecule has 0 aliphatic carbocycles. The van der Waals surface area contributed by atoms with Crippen LogP contribution < -0.4 is 11.1 Å². The van der Waals surface area contributed by atoms with Gasteiger partial charge in [0.2, 0.25) is 5.91 Å². The quantitative estimate of drug-likeness (QED) is 0.739. The second-order valence-corrected chi connectivity index (χ2v) is 3.81. The first-order valence-corrected chi connectivity index (χ1v) is 5.37. The highest BCUT2D eigenvalue weighted by Gasteiger charge is 2.05. The highest BCUT2D eigenvalue weighted by atomic mass is 19.1. The van der Waals surface area contributed by atoms with E-state index < -0.39 is 6.04 Å². The van der Waals surface area contributed by atoms with Crippen molar-refractivity contribution in [2.75, 3.05) is 6.54 Å². The van der Waals surface area contributed by atoms with Gasteiger partial charge in [0, 0.05) is 6.54 Å². The van der Waals surface area contributed by atoms with Gasteiger partial charge in [-0.2, -0.15) is 0 Å². The van der Waals surface area contributed by atoms with Gasteiger partial charge in [-0.25, -0.2) is 4.39 Å². The molecular formula is C12H17FN2O. The summed E-state index contributed by atoms with van der Waals surface area (Å²) in [5.41, 5.74) is 6.46. The zero-order chi connectivity index (χ0) is 12.0. The fourth-order valence-corrected chi connectivity index (χ4v) is 1.32. The Morgan fingerprint density at radius 2 is 2.06 bits per heavy atom. The molecule has 3 nitrogen and oxygen atoms in total. The van der Waals surface area contributed by atoms with Crippen molar-refractivity contribution in [2.24, 2.45) is 5.73 Å². The molecule has 0 saturated carbocycles. The number of hydrogen-bond donors (Lipinski definition) is 2. The Bertz CT molecular complexity index is 335. The Labute approximate surface area is 94.8 Å². The molecule has 1 aromatic rings. The summed E-state index contributed by atoms with van der Waals surface area (Å²) in [6.45, 7) is 2.24. The lowest BCUT2D eigenvalue weighted by molar-refractivity contribution is -0.121. The van der Waals surface area contributed by atoms with Crippen LogP contribution in [0.3, 0.4) is 0 Å². The second-order valence-electron chi connectivity index (χ2n) is 3.81. The van der Waals surface area contributed by atoms with Gasteiger partial charge in [0.05, 0.1) is 6.04 Å². The zero-order valence-corrected chi connectivity index (χ0v) is 9.37. The number of rotatable bonds is 5. The highest BCUT2D eigenvalue weighted by molar-refractivity contribution is 5.80. The van der Waals surface area contributed by atoms with Gasteiger partial charge >= 0.3 is 0 Å². The molecule has 0 saturated heterocycles. The maximum Gasteiger partial charge on any atom is 0.236 e. The standard InChI is InChI=1S/C12H17FN2O/c1-9(14)12(16)15-8-2-3-10-4-6-11(13)7-5-10/h4-7,9H,2-3,8,14H2,1H3,(H,15,16)/t9-/m1/s1. The van der Waals surface area contributed by atoms with Crippen molar-refractivity contribution in [3.8, 4) is 0 Å². The average Bonchev–Trinajstić information content (AvgIpc) is 2.26. The van der Waals surface area contributed by atoms with E-state index in [0.717, 1.165) is 18.4 Å². The predicted molar refractivity (Wildman–Crippen MR) is 61.4 cm³/mol. The van der Waals surface area contributed by atoms with Crippen LogP contribution in [-0.2, 0) is 11.2 Å². The van der Waals surface area contributed by atoms with Gasteiger partial charge in [0.15, 0.2) is 0 Å². The van der Waals surface area contributed by atoms with E-state index in [0.29, 0.717) is 6.54 Å². The first kappa shape index (κ1) is 12.6. The van der Waals surface area contributed by atoms with Crippen LogP contribution in [0.25, 0.3) is 0 Å². The number of halogens is 1. The summed E-state index contributed by atoms with van der Waals surface area (Å²) in [6.07, 6.45) is 1.64. The monoisotopic (exact) mass is 224 g/mol. The molecule has 0 aromatic heterocycles. The van der Waals surface area contributed by atoms with Crippen molar-refractivity contribution >= 4 is 5.91 Å². The van der Waals surface area contributed by atoms with Crippen LogP contribution >= 0.6 is 0 Å². The highest BCUT2D eigenvalue weighted by Crippen LogP contribution is 2.04. The van der Waals surface area contributed by atoms with Crippen LogP contribution in [-0.4, -0.2) is 18.5 Å². The summed E-state index contributed by atoms with van der Waals surface area (Å²) in [4.78, 5) is 11.1. The lowest BCUT2D eigenvalue weighted by atomic mass is 10.1. The topological polar surface area (TPSA) is 55.1 Å². The lowest BCUT2D eigenvalue weighted by Gasteiger charge is -2.07. The van der Waals surface area contributed by atoms with Crippen molar-refractivity contribution in [2.45, 2.75) is 25.8 Å². The molecule has 1 atom stereocenters. The summed E-state index contributed by atoms with van der Waals surface area (Å²) in [5, 5.41) is 2.73. The first-order chi connectivity index (χ1) is 7.59. The van der Waals surface area contributed by atoms with Crippen LogP contribution in [0.1, 0.15) is 18.9 Å². The van der Waals surface area contributed by atoms with Crippen LogP contribution in [0.2, 0.25) is 0 Å². The molecule has 0 heterocycles. The van der Waals surface area contributed by atoms with E-state index in [2.05, 4.69) is 5.32 Å². The molecule has 0 bridgehead atoms. The molecule has 88 valence electrons. The van der Waals surface area contributed by atoms with Gasteiger partial charge in [-0.05, 0) is 37.5 Å². The Balaban J connectivity index is 2.21. The molecule has 4 heteroatoms. The fraction of sp³-hybridized carbons (Fsp3) is 0.417. The SMILES string of the molecule is C[C@@H](N)C(=O)NCCCc1ccc(F)cc1. The average molecular weight is 224 g/mol. The van der Waals surface area contributed by atoms with Crippen LogP contribution in [0.15, 0.2) is 24.3 Å². The molecule has 0 radical (unpaired) electrons. The Hall–Kier alpha value is -1.42. The zero-order valence-electron chi connectivity index (χ0n) is 9.37. The summed E-state index contributed by atoms with van der Waals surface area (Å²) in [5.74, 6) is -0.367. The summed E-state index contributed by atoms with van der Waals surface area (Å²) >= 11 is 0. The largest absolute Gasteiger partial charge is 0.355 e. The molecule has 0 aliphatic heterocycles. The minimum atomic E-state index is -0.467. The number of hydrogen-bond acceptors (Lipinski definition) is 2. The van der Waals surface area contributed by atoms with E-state index in [4.69, 9.17) is 5.73 Å². The predicted octanol–water partition coefficient (Wildman–Crippen LogP) is 1.22. The minimum absolute atomic E-state index is 0.140. The Morgan fingerprint density at radius 1 is 1.44 bits per heavy atom. The molecule has 16 heavy (non-hydrogen) atoms. The number of aryl methyl sites for hydroxylation is 1. The third kappa shape index (κ3) is 4.40. The molecule has 0 unspecified atom stereocenters. The maximum atomic E-state index is 12.6. The smallest absolute Gasteiger partial charge is 0.236 e. The van der Waals surface area contributed by atoms with E-state index in [1.807, 2.05) is 0 Å². The molecule has 0 fully saturated rings. The van der Waals surface area contributed by atoms with Gasteiger partial charge in [-0.1, -0.05) is 12.1 Å². The fourth-order valence-electron chi connectivity index (χ4n) is 1.32. The van der Waals surface area contributed by atoms with Gasteiger partial charge in [0.25, 0.3) is 0 Å². The van der Waals surface area contributed by atoms with E-state index in [-0.39, 0.29) is 11.7 Å². The maximum absolute atomic E-state index is 12.6. The van der Waals surface area contributed by atoms with Crippen LogP contribution in [0.5, 0.6) is 0 Å². The molecule has 0 aliphatic rings. The van der Waals surface area contributed by atoms with E-state index in [1.54, 1.807) is 19.1 Å². The third-order valence-corrected chi connectivity index (χ3v) is 2.27. The molecule has 1 aromatic carbocycles. The van der Waals surface area contributed by atoms with E-state index in [9.17, 15) is 9.18 Å². The van der Waals surface area contributed by atoms with Crippen molar-refractivity contribution in [3.05, 3.63) is 35.6 Å².